The average Bonchev–Trinajstić information content (AvgIpc) is 2.81. The van der Waals surface area contributed by atoms with E-state index in [2.05, 4.69) is 37.9 Å². The van der Waals surface area contributed by atoms with E-state index < -0.39 is 0 Å². The number of methoxy groups -OCH3 is 1. The molecule has 1 atom stereocenters. The Bertz CT molecular complexity index is 387. The van der Waals surface area contributed by atoms with E-state index in [1.54, 1.807) is 7.11 Å². The van der Waals surface area contributed by atoms with Gasteiger partial charge >= 0.3 is 0 Å². The van der Waals surface area contributed by atoms with Gasteiger partial charge in [0.25, 0.3) is 0 Å². The molecule has 2 nitrogen and oxygen atoms in total. The predicted octanol–water partition coefficient (Wildman–Crippen LogP) is 3.80. The van der Waals surface area contributed by atoms with Gasteiger partial charge in [0, 0.05) is 21.8 Å². The highest BCUT2D eigenvalue weighted by Crippen LogP contribution is 2.37. The molecule has 1 aromatic rings. The Balaban J connectivity index is 2.22. The Morgan fingerprint density at radius 2 is 2.29 bits per heavy atom. The highest BCUT2D eigenvalue weighted by atomic mass is 79.9. The molecule has 0 amide bonds. The number of alkyl halides is 1. The third-order valence-electron chi connectivity index (χ3n) is 3.29. The van der Waals surface area contributed by atoms with Crippen molar-refractivity contribution in [2.75, 3.05) is 25.7 Å². The minimum absolute atomic E-state index is 0.231. The maximum atomic E-state index is 5.54. The van der Waals surface area contributed by atoms with E-state index in [0.29, 0.717) is 0 Å². The smallest absolute Gasteiger partial charge is 0.119 e. The van der Waals surface area contributed by atoms with Gasteiger partial charge in [0.2, 0.25) is 0 Å². The zero-order valence-corrected chi connectivity index (χ0v) is 13.0. The number of halogens is 2. The number of rotatable bonds is 4. The SMILES string of the molecule is COc1ccc(Br)c(CC2(CBr)CCOC2)c1. The van der Waals surface area contributed by atoms with Crippen molar-refractivity contribution >= 4 is 31.9 Å². The molecule has 0 bridgehead atoms. The third-order valence-corrected chi connectivity index (χ3v) is 5.25. The molecule has 1 saturated heterocycles. The lowest BCUT2D eigenvalue weighted by Crippen LogP contribution is -2.26. The molecule has 0 radical (unpaired) electrons. The maximum absolute atomic E-state index is 5.54. The molecule has 1 unspecified atom stereocenters. The lowest BCUT2D eigenvalue weighted by molar-refractivity contribution is 0.162. The molecule has 1 heterocycles. The fraction of sp³-hybridized carbons (Fsp3) is 0.538. The topological polar surface area (TPSA) is 18.5 Å². The van der Waals surface area contributed by atoms with Gasteiger partial charge in [0.15, 0.2) is 0 Å². The van der Waals surface area contributed by atoms with Crippen LogP contribution in [0.1, 0.15) is 12.0 Å². The normalized spacial score (nSPS) is 23.9. The molecule has 1 aromatic carbocycles. The average molecular weight is 364 g/mol. The first-order chi connectivity index (χ1) is 8.19. The van der Waals surface area contributed by atoms with Crippen molar-refractivity contribution in [3.63, 3.8) is 0 Å². The first kappa shape index (κ1) is 13.4. The molecule has 0 N–H and O–H groups in total. The van der Waals surface area contributed by atoms with E-state index in [1.165, 1.54) is 5.56 Å². The minimum atomic E-state index is 0.231. The molecule has 17 heavy (non-hydrogen) atoms. The second-order valence-corrected chi connectivity index (χ2v) is 5.99. The van der Waals surface area contributed by atoms with Crippen molar-refractivity contribution < 1.29 is 9.47 Å². The van der Waals surface area contributed by atoms with E-state index in [9.17, 15) is 0 Å². The van der Waals surface area contributed by atoms with Crippen LogP contribution in [-0.4, -0.2) is 25.7 Å². The number of benzene rings is 1. The van der Waals surface area contributed by atoms with E-state index in [1.807, 2.05) is 12.1 Å². The first-order valence-electron chi connectivity index (χ1n) is 5.65. The summed E-state index contributed by atoms with van der Waals surface area (Å²) in [6.45, 7) is 1.70. The molecular formula is C13H16Br2O2. The summed E-state index contributed by atoms with van der Waals surface area (Å²) in [6, 6.07) is 6.12. The van der Waals surface area contributed by atoms with Crippen molar-refractivity contribution in [1.29, 1.82) is 0 Å². The fourth-order valence-corrected chi connectivity index (χ4v) is 3.19. The Labute approximate surface area is 119 Å². The lowest BCUT2D eigenvalue weighted by Gasteiger charge is -2.25. The first-order valence-corrected chi connectivity index (χ1v) is 7.57. The van der Waals surface area contributed by atoms with Crippen molar-refractivity contribution in [1.82, 2.24) is 0 Å². The molecule has 4 heteroatoms. The van der Waals surface area contributed by atoms with Crippen LogP contribution in [0.4, 0.5) is 0 Å². The second kappa shape index (κ2) is 5.72. The highest BCUT2D eigenvalue weighted by molar-refractivity contribution is 9.10. The highest BCUT2D eigenvalue weighted by Gasteiger charge is 2.34. The van der Waals surface area contributed by atoms with Gasteiger partial charge in [-0.15, -0.1) is 0 Å². The summed E-state index contributed by atoms with van der Waals surface area (Å²) in [5.74, 6) is 0.909. The van der Waals surface area contributed by atoms with Crippen LogP contribution in [0.25, 0.3) is 0 Å². The van der Waals surface area contributed by atoms with Crippen molar-refractivity contribution in [3.8, 4) is 5.75 Å². The molecule has 2 rings (SSSR count). The molecule has 1 fully saturated rings. The van der Waals surface area contributed by atoms with Crippen LogP contribution in [0.5, 0.6) is 5.75 Å². The molecule has 1 aliphatic rings. The van der Waals surface area contributed by atoms with Gasteiger partial charge in [-0.3, -0.25) is 0 Å². The van der Waals surface area contributed by atoms with Gasteiger partial charge in [0.05, 0.1) is 13.7 Å². The van der Waals surface area contributed by atoms with Crippen LogP contribution >= 0.6 is 31.9 Å². The van der Waals surface area contributed by atoms with E-state index in [0.717, 1.165) is 41.6 Å². The Morgan fingerprint density at radius 1 is 1.47 bits per heavy atom. The van der Waals surface area contributed by atoms with E-state index in [4.69, 9.17) is 9.47 Å². The summed E-state index contributed by atoms with van der Waals surface area (Å²) in [5, 5.41) is 0.976. The zero-order chi connectivity index (χ0) is 12.3. The monoisotopic (exact) mass is 362 g/mol. The molecular weight excluding hydrogens is 348 g/mol. The van der Waals surface area contributed by atoms with Crippen LogP contribution in [-0.2, 0) is 11.2 Å². The standard InChI is InChI=1S/C13H16Br2O2/c1-16-11-2-3-12(15)10(6-11)7-13(8-14)4-5-17-9-13/h2-3,6H,4-5,7-9H2,1H3. The van der Waals surface area contributed by atoms with E-state index in [-0.39, 0.29) is 5.41 Å². The quantitative estimate of drug-likeness (QED) is 0.757. The lowest BCUT2D eigenvalue weighted by atomic mass is 9.83. The molecule has 0 aromatic heterocycles. The van der Waals surface area contributed by atoms with Gasteiger partial charge in [-0.25, -0.2) is 0 Å². The van der Waals surface area contributed by atoms with Gasteiger partial charge in [-0.1, -0.05) is 31.9 Å². The Kier molecular flexibility index (Phi) is 4.50. The summed E-state index contributed by atoms with van der Waals surface area (Å²) in [5.41, 5.74) is 1.52. The molecule has 1 aliphatic heterocycles. The van der Waals surface area contributed by atoms with E-state index >= 15 is 0 Å². The van der Waals surface area contributed by atoms with Crippen LogP contribution < -0.4 is 4.74 Å². The summed E-state index contributed by atoms with van der Waals surface area (Å²) < 4.78 is 12.0. The van der Waals surface area contributed by atoms with Crippen LogP contribution in [0.15, 0.2) is 22.7 Å². The largest absolute Gasteiger partial charge is 0.497 e. The van der Waals surface area contributed by atoms with Gasteiger partial charge in [-0.2, -0.15) is 0 Å². The van der Waals surface area contributed by atoms with Crippen molar-refractivity contribution in [3.05, 3.63) is 28.2 Å². The van der Waals surface area contributed by atoms with Crippen LogP contribution in [0, 0.1) is 5.41 Å². The van der Waals surface area contributed by atoms with Crippen LogP contribution in [0.2, 0.25) is 0 Å². The minimum Gasteiger partial charge on any atom is -0.497 e. The zero-order valence-electron chi connectivity index (χ0n) is 9.84. The predicted molar refractivity (Wildman–Crippen MR) is 76.1 cm³/mol. The maximum Gasteiger partial charge on any atom is 0.119 e. The molecule has 0 aliphatic carbocycles. The number of hydrogen-bond acceptors (Lipinski definition) is 2. The van der Waals surface area contributed by atoms with Gasteiger partial charge < -0.3 is 9.47 Å². The summed E-state index contributed by atoms with van der Waals surface area (Å²) >= 11 is 7.23. The van der Waals surface area contributed by atoms with Crippen molar-refractivity contribution in [2.24, 2.45) is 5.41 Å². The Hall–Kier alpha value is -0.0600. The van der Waals surface area contributed by atoms with Crippen molar-refractivity contribution in [2.45, 2.75) is 12.8 Å². The summed E-state index contributed by atoms with van der Waals surface area (Å²) in [7, 11) is 1.70. The summed E-state index contributed by atoms with van der Waals surface area (Å²) in [6.07, 6.45) is 2.12. The molecule has 94 valence electrons. The fourth-order valence-electron chi connectivity index (χ4n) is 2.16. The van der Waals surface area contributed by atoms with Gasteiger partial charge in [0.1, 0.15) is 5.75 Å². The van der Waals surface area contributed by atoms with Gasteiger partial charge in [-0.05, 0) is 36.6 Å². The Morgan fingerprint density at radius 3 is 2.88 bits per heavy atom. The number of ether oxygens (including phenoxy) is 2. The third kappa shape index (κ3) is 3.04. The van der Waals surface area contributed by atoms with Crippen LogP contribution in [0.3, 0.4) is 0 Å². The molecule has 0 saturated carbocycles. The molecule has 0 spiro atoms. The number of hydrogen-bond donors (Lipinski definition) is 0. The second-order valence-electron chi connectivity index (χ2n) is 4.57. The summed E-state index contributed by atoms with van der Waals surface area (Å²) in [4.78, 5) is 0.